The molecule has 1 saturated heterocycles. The summed E-state index contributed by atoms with van der Waals surface area (Å²) in [7, 11) is 0. The number of morpholine rings is 1. The molecular weight excluding hydrogens is 343 g/mol. The van der Waals surface area contributed by atoms with E-state index >= 15 is 0 Å². The zero-order valence-corrected chi connectivity index (χ0v) is 15.5. The molecule has 1 unspecified atom stereocenters. The van der Waals surface area contributed by atoms with Crippen LogP contribution >= 0.6 is 0 Å². The third-order valence-corrected chi connectivity index (χ3v) is 4.69. The number of carbonyl (C=O) groups excluding carboxylic acids is 1. The van der Waals surface area contributed by atoms with Crippen molar-refractivity contribution in [1.29, 1.82) is 0 Å². The number of aryl methyl sites for hydroxylation is 1. The highest BCUT2D eigenvalue weighted by molar-refractivity contribution is 5.91. The molecule has 0 spiro atoms. The minimum Gasteiger partial charge on any atom is -0.379 e. The Morgan fingerprint density at radius 3 is 2.67 bits per heavy atom. The van der Waals surface area contributed by atoms with Crippen LogP contribution in [-0.2, 0) is 9.53 Å². The molecule has 1 fully saturated rings. The molecular formula is C22H25FN2O2. The first kappa shape index (κ1) is 19.3. The predicted molar refractivity (Wildman–Crippen MR) is 105 cm³/mol. The molecule has 1 amide bonds. The van der Waals surface area contributed by atoms with Gasteiger partial charge in [-0.05, 0) is 36.3 Å². The fourth-order valence-corrected chi connectivity index (χ4v) is 3.17. The largest absolute Gasteiger partial charge is 0.379 e. The Hall–Kier alpha value is -2.50. The van der Waals surface area contributed by atoms with Gasteiger partial charge in [-0.25, -0.2) is 4.39 Å². The molecule has 1 aliphatic rings. The third kappa shape index (κ3) is 5.74. The standard InChI is InChI=1S/C22H25FN2O2/c1-17-5-8-19(9-6-17)21(25-11-13-27-14-12-25)16-24-22(26)10-7-18-3-2-4-20(23)15-18/h2-10,15,21H,11-14,16H2,1H3,(H,24,26)/b10-7+. The Morgan fingerprint density at radius 2 is 1.96 bits per heavy atom. The van der Waals surface area contributed by atoms with Crippen molar-refractivity contribution in [2.75, 3.05) is 32.8 Å². The van der Waals surface area contributed by atoms with Crippen LogP contribution in [-0.4, -0.2) is 43.7 Å². The van der Waals surface area contributed by atoms with E-state index in [1.807, 2.05) is 0 Å². The van der Waals surface area contributed by atoms with Crippen molar-refractivity contribution in [3.05, 3.63) is 77.1 Å². The summed E-state index contributed by atoms with van der Waals surface area (Å²) in [6.07, 6.45) is 3.06. The summed E-state index contributed by atoms with van der Waals surface area (Å²) < 4.78 is 18.7. The van der Waals surface area contributed by atoms with E-state index in [0.717, 1.165) is 13.1 Å². The van der Waals surface area contributed by atoms with Gasteiger partial charge in [-0.15, -0.1) is 0 Å². The molecule has 5 heteroatoms. The molecule has 2 aromatic carbocycles. The Kier molecular flexibility index (Phi) is 6.74. The van der Waals surface area contributed by atoms with Crippen LogP contribution in [0.3, 0.4) is 0 Å². The minimum absolute atomic E-state index is 0.0982. The van der Waals surface area contributed by atoms with Crippen molar-refractivity contribution in [2.45, 2.75) is 13.0 Å². The van der Waals surface area contributed by atoms with Crippen LogP contribution in [0.25, 0.3) is 6.08 Å². The lowest BCUT2D eigenvalue weighted by Gasteiger charge is -2.35. The van der Waals surface area contributed by atoms with E-state index in [2.05, 4.69) is 41.4 Å². The Labute approximate surface area is 159 Å². The van der Waals surface area contributed by atoms with Gasteiger partial charge in [0.2, 0.25) is 5.91 Å². The van der Waals surface area contributed by atoms with Crippen molar-refractivity contribution in [3.8, 4) is 0 Å². The highest BCUT2D eigenvalue weighted by Crippen LogP contribution is 2.21. The van der Waals surface area contributed by atoms with Crippen molar-refractivity contribution in [3.63, 3.8) is 0 Å². The molecule has 1 aliphatic heterocycles. The summed E-state index contributed by atoms with van der Waals surface area (Å²) in [4.78, 5) is 14.6. The van der Waals surface area contributed by atoms with Crippen LogP contribution < -0.4 is 5.32 Å². The number of rotatable bonds is 6. The molecule has 0 radical (unpaired) electrons. The van der Waals surface area contributed by atoms with Crippen molar-refractivity contribution < 1.29 is 13.9 Å². The normalized spacial score (nSPS) is 16.4. The number of amides is 1. The summed E-state index contributed by atoms with van der Waals surface area (Å²) in [5.41, 5.74) is 3.05. The average Bonchev–Trinajstić information content (AvgIpc) is 2.69. The first-order valence-corrected chi connectivity index (χ1v) is 9.22. The molecule has 1 atom stereocenters. The lowest BCUT2D eigenvalue weighted by atomic mass is 10.0. The van der Waals surface area contributed by atoms with Crippen molar-refractivity contribution >= 4 is 12.0 Å². The molecule has 1 N–H and O–H groups in total. The second-order valence-electron chi connectivity index (χ2n) is 6.71. The average molecular weight is 368 g/mol. The number of hydrogen-bond acceptors (Lipinski definition) is 3. The van der Waals surface area contributed by atoms with Gasteiger partial charge in [0.25, 0.3) is 0 Å². The summed E-state index contributed by atoms with van der Waals surface area (Å²) in [6.45, 7) is 5.66. The monoisotopic (exact) mass is 368 g/mol. The number of nitrogens with zero attached hydrogens (tertiary/aromatic N) is 1. The fraction of sp³-hybridized carbons (Fsp3) is 0.318. The smallest absolute Gasteiger partial charge is 0.244 e. The highest BCUT2D eigenvalue weighted by atomic mass is 19.1. The summed E-state index contributed by atoms with van der Waals surface area (Å²) >= 11 is 0. The number of hydrogen-bond donors (Lipinski definition) is 1. The Morgan fingerprint density at radius 1 is 1.22 bits per heavy atom. The molecule has 0 aliphatic carbocycles. The summed E-state index contributed by atoms with van der Waals surface area (Å²) in [5, 5.41) is 2.98. The first-order valence-electron chi connectivity index (χ1n) is 9.22. The molecule has 0 saturated carbocycles. The molecule has 27 heavy (non-hydrogen) atoms. The van der Waals surface area contributed by atoms with E-state index in [-0.39, 0.29) is 17.8 Å². The van der Waals surface area contributed by atoms with E-state index in [1.165, 1.54) is 29.3 Å². The Bertz CT molecular complexity index is 783. The third-order valence-electron chi connectivity index (χ3n) is 4.69. The maximum Gasteiger partial charge on any atom is 0.244 e. The maximum atomic E-state index is 13.2. The molecule has 0 aromatic heterocycles. The van der Waals surface area contributed by atoms with Gasteiger partial charge in [0.05, 0.1) is 19.3 Å². The second-order valence-corrected chi connectivity index (χ2v) is 6.71. The number of nitrogens with one attached hydrogen (secondary N) is 1. The van der Waals surface area contributed by atoms with E-state index in [0.29, 0.717) is 25.3 Å². The van der Waals surface area contributed by atoms with E-state index in [4.69, 9.17) is 4.74 Å². The highest BCUT2D eigenvalue weighted by Gasteiger charge is 2.22. The lowest BCUT2D eigenvalue weighted by molar-refractivity contribution is -0.116. The molecule has 3 rings (SSSR count). The van der Waals surface area contributed by atoms with E-state index in [9.17, 15) is 9.18 Å². The van der Waals surface area contributed by atoms with Crippen LogP contribution in [0.2, 0.25) is 0 Å². The van der Waals surface area contributed by atoms with Gasteiger partial charge in [-0.1, -0.05) is 42.0 Å². The quantitative estimate of drug-likeness (QED) is 0.795. The van der Waals surface area contributed by atoms with E-state index < -0.39 is 0 Å². The van der Waals surface area contributed by atoms with Crippen LogP contribution in [0.5, 0.6) is 0 Å². The van der Waals surface area contributed by atoms with Gasteiger partial charge in [0.15, 0.2) is 0 Å². The topological polar surface area (TPSA) is 41.6 Å². The lowest BCUT2D eigenvalue weighted by Crippen LogP contribution is -2.43. The van der Waals surface area contributed by atoms with Gasteiger partial charge in [-0.3, -0.25) is 9.69 Å². The zero-order chi connectivity index (χ0) is 19.1. The summed E-state index contributed by atoms with van der Waals surface area (Å²) in [5.74, 6) is -0.506. The molecule has 1 heterocycles. The van der Waals surface area contributed by atoms with Crippen LogP contribution in [0.4, 0.5) is 4.39 Å². The zero-order valence-electron chi connectivity index (χ0n) is 15.5. The molecule has 0 bridgehead atoms. The van der Waals surface area contributed by atoms with E-state index in [1.54, 1.807) is 18.2 Å². The summed E-state index contributed by atoms with van der Waals surface area (Å²) in [6, 6.07) is 14.7. The molecule has 142 valence electrons. The van der Waals surface area contributed by atoms with Crippen LogP contribution in [0.1, 0.15) is 22.7 Å². The predicted octanol–water partition coefficient (Wildman–Crippen LogP) is 3.34. The SMILES string of the molecule is Cc1ccc(C(CNC(=O)/C=C/c2cccc(F)c2)N2CCOCC2)cc1. The van der Waals surface area contributed by atoms with Gasteiger partial charge >= 0.3 is 0 Å². The first-order chi connectivity index (χ1) is 13.1. The minimum atomic E-state index is -0.315. The number of benzene rings is 2. The van der Waals surface area contributed by atoms with Gasteiger partial charge in [0.1, 0.15) is 5.82 Å². The van der Waals surface area contributed by atoms with Crippen molar-refractivity contribution in [1.82, 2.24) is 10.2 Å². The number of carbonyl (C=O) groups is 1. The van der Waals surface area contributed by atoms with Gasteiger partial charge in [0, 0.05) is 25.7 Å². The number of ether oxygens (including phenoxy) is 1. The molecule has 4 nitrogen and oxygen atoms in total. The fourth-order valence-electron chi connectivity index (χ4n) is 3.17. The van der Waals surface area contributed by atoms with Gasteiger partial charge < -0.3 is 10.1 Å². The van der Waals surface area contributed by atoms with Crippen LogP contribution in [0.15, 0.2) is 54.6 Å². The maximum absolute atomic E-state index is 13.2. The second kappa shape index (κ2) is 9.44. The van der Waals surface area contributed by atoms with Crippen LogP contribution in [0, 0.1) is 12.7 Å². The Balaban J connectivity index is 1.64. The van der Waals surface area contributed by atoms with Gasteiger partial charge in [-0.2, -0.15) is 0 Å². The van der Waals surface area contributed by atoms with Crippen molar-refractivity contribution in [2.24, 2.45) is 0 Å². The number of halogens is 1. The molecule has 2 aromatic rings.